The summed E-state index contributed by atoms with van der Waals surface area (Å²) in [5, 5.41) is 59.9. The van der Waals surface area contributed by atoms with Crippen LogP contribution in [-0.4, -0.2) is 84.4 Å². The number of unbranched alkanes of at least 4 members (excludes halogenated alkanes) is 1. The van der Waals surface area contributed by atoms with Crippen LogP contribution in [0, 0.1) is 64.8 Å². The predicted octanol–water partition coefficient (Wildman–Crippen LogP) is 28.4. The number of rotatable bonds is 32. The summed E-state index contributed by atoms with van der Waals surface area (Å²) in [4.78, 5) is 69.2. The number of aromatic nitrogens is 5. The number of carbonyl (C=O) groups excluding carboxylic acids is 5. The topological polar surface area (TPSA) is 220 Å². The third kappa shape index (κ3) is 24.2. The number of ether oxygens (including phenoxy) is 1. The molecule has 0 aliphatic carbocycles. The van der Waals surface area contributed by atoms with Gasteiger partial charge in [-0.05, 0) is 281 Å². The molecule has 0 aliphatic rings. The van der Waals surface area contributed by atoms with Crippen molar-refractivity contribution in [2.75, 3.05) is 7.11 Å². The molecule has 0 fully saturated rings. The van der Waals surface area contributed by atoms with E-state index in [0.717, 1.165) is 156 Å². The number of carbonyl (C=O) groups is 5. The van der Waals surface area contributed by atoms with E-state index in [2.05, 4.69) is 78.5 Å². The van der Waals surface area contributed by atoms with Gasteiger partial charge in [0, 0.05) is 171 Å². The number of hydrogen-bond acceptors (Lipinski definition) is 14. The molecule has 0 spiro atoms. The van der Waals surface area contributed by atoms with Crippen LogP contribution in [0.5, 0.6) is 34.5 Å². The number of aryl methyl sites for hydroxylation is 7. The van der Waals surface area contributed by atoms with Crippen LogP contribution in [0.4, 0.5) is 17.6 Å². The maximum atomic E-state index is 13.9. The SMILES string of the molecule is CCCCn1c(C)c(C(=O)CCc2cccc(OC)c2)c2cc(O)ccc21.Cc1c(C(=O)CCc2ccc(F)c(F)c2)c2cc(O)ccc2n1Cc1ccccc1.Cc1c(C(=O)CCc2cccc(F)c2)c2cc(O)ccc2n1Cc1cccs1.Cc1c(C(=O)CCc2ccccc2F)c2cc(O)ccc2n1Cc1cccs1.Cc1cccc(CCC(=O)c2c(C)n(Cc3cccs3)c3ccc(O)cc23)c1. The second-order valence-corrected chi connectivity index (χ2v) is 38.4. The van der Waals surface area contributed by atoms with Crippen molar-refractivity contribution in [2.24, 2.45) is 0 Å². The zero-order chi connectivity index (χ0) is 99.7. The maximum Gasteiger partial charge on any atom is 0.165 e. The number of benzene rings is 11. The first-order valence-electron chi connectivity index (χ1n) is 47.0. The van der Waals surface area contributed by atoms with E-state index < -0.39 is 11.6 Å². The highest BCUT2D eigenvalue weighted by Gasteiger charge is 2.28. The fourth-order valence-corrected chi connectivity index (χ4v) is 20.7. The minimum atomic E-state index is -0.916. The molecule has 23 heteroatoms. The number of aromatic hydroxyl groups is 5. The highest BCUT2D eigenvalue weighted by molar-refractivity contribution is 7.10. The molecule has 141 heavy (non-hydrogen) atoms. The van der Waals surface area contributed by atoms with Gasteiger partial charge in [-0.1, -0.05) is 140 Å². The van der Waals surface area contributed by atoms with E-state index in [0.29, 0.717) is 91.4 Å². The lowest BCUT2D eigenvalue weighted by Gasteiger charge is -2.09. The van der Waals surface area contributed by atoms with E-state index in [1.807, 2.05) is 161 Å². The van der Waals surface area contributed by atoms with E-state index in [9.17, 15) is 67.1 Å². The van der Waals surface area contributed by atoms with Gasteiger partial charge in [-0.25, -0.2) is 17.6 Å². The van der Waals surface area contributed by atoms with Crippen molar-refractivity contribution in [1.82, 2.24) is 22.8 Å². The number of ketones is 5. The molecule has 0 amide bonds. The van der Waals surface area contributed by atoms with Gasteiger partial charge in [0.25, 0.3) is 0 Å². The standard InChI is InChI=1S/C25H21F2NO2.C24H23NO2S.2C23H20FNO2S.C23H27NO3/c1-16-25(24(30)12-8-17-7-10-21(26)22(27)13-17)20-14-19(29)9-11-23(20)28(16)15-18-5-3-2-4-6-18;1-16-5-3-6-18(13-16)8-11-23(27)24-17(2)25(15-20-7-4-12-28-20)22-10-9-19(26)14-21(22)24;1-15-23(22(27)10-7-16-4-2-5-17(24)12-16)20-13-18(26)8-9-21(20)25(15)14-19-6-3-11-28-19;1-15-23(22(27)11-8-16-5-2-3-7-20(16)24)19-13-17(26)9-10-21(19)25(15)14-18-6-4-12-28-18;1-4-5-13-24-16(2)23(20-15-18(25)10-11-21(20)24)22(26)12-9-17-7-6-8-19(14-17)27-3/h2-7,9-11,13-14,29H,8,12,15H2,1H3;3-7,9-10,12-14,26H,8,11,15H2,1-2H3;2-6,8-9,11-13,26H,7,10,14H2,1H3;2-7,9-10,12-13,26H,8,11,14H2,1H3;6-8,10-11,14-15,25H,4-5,9,12-13H2,1-3H3. The lowest BCUT2D eigenvalue weighted by Crippen LogP contribution is -2.06. The normalized spacial score (nSPS) is 11.2. The number of fused-ring (bicyclic) bond motifs is 5. The van der Waals surface area contributed by atoms with Gasteiger partial charge in [0.2, 0.25) is 0 Å². The highest BCUT2D eigenvalue weighted by atomic mass is 32.1. The van der Waals surface area contributed by atoms with Crippen molar-refractivity contribution >= 4 is 117 Å². The highest BCUT2D eigenvalue weighted by Crippen LogP contribution is 2.39. The molecule has 8 heterocycles. The van der Waals surface area contributed by atoms with Gasteiger partial charge < -0.3 is 53.1 Å². The van der Waals surface area contributed by atoms with Crippen molar-refractivity contribution in [3.05, 3.63) is 422 Å². The molecule has 8 aromatic heterocycles. The van der Waals surface area contributed by atoms with Crippen LogP contribution in [0.15, 0.2) is 289 Å². The molecule has 0 unspecified atom stereocenters. The van der Waals surface area contributed by atoms with Gasteiger partial charge in [0.05, 0.1) is 26.7 Å². The third-order valence-electron chi connectivity index (χ3n) is 25.8. The van der Waals surface area contributed by atoms with E-state index in [1.165, 1.54) is 50.0 Å². The molecule has 16 nitrogen and oxygen atoms in total. The number of thiophene rings is 3. The molecule has 19 aromatic rings. The van der Waals surface area contributed by atoms with Gasteiger partial charge in [0.15, 0.2) is 40.6 Å². The molecule has 0 saturated carbocycles. The summed E-state index contributed by atoms with van der Waals surface area (Å²) in [5.74, 6) is -0.756. The Hall–Kier alpha value is -14.9. The van der Waals surface area contributed by atoms with Crippen molar-refractivity contribution in [3.63, 3.8) is 0 Å². The predicted molar refractivity (Wildman–Crippen MR) is 559 cm³/mol. The summed E-state index contributed by atoms with van der Waals surface area (Å²) in [6, 6.07) is 80.9. The summed E-state index contributed by atoms with van der Waals surface area (Å²) in [6.07, 6.45) is 6.22. The fraction of sp³-hybridized carbons (Fsp3) is 0.212. The Morgan fingerprint density at radius 3 is 1.03 bits per heavy atom. The van der Waals surface area contributed by atoms with Gasteiger partial charge in [-0.15, -0.1) is 34.0 Å². The number of phenols is 5. The molecule has 0 aliphatic heterocycles. The zero-order valence-corrected chi connectivity index (χ0v) is 82.3. The summed E-state index contributed by atoms with van der Waals surface area (Å²) >= 11 is 5.05. The Labute approximate surface area is 828 Å². The van der Waals surface area contributed by atoms with E-state index in [1.54, 1.807) is 126 Å². The van der Waals surface area contributed by atoms with E-state index >= 15 is 0 Å². The summed E-state index contributed by atoms with van der Waals surface area (Å²) in [7, 11) is 1.64. The Kier molecular flexibility index (Phi) is 33.0. The molecule has 5 N–H and O–H groups in total. The third-order valence-corrected chi connectivity index (χ3v) is 28.3. The molecular weight excluding hydrogens is 1840 g/mol. The second kappa shape index (κ2) is 46.2. The molecular formula is C118H111F4N5O11S3. The van der Waals surface area contributed by atoms with Crippen LogP contribution in [-0.2, 0) is 64.8 Å². The number of nitrogens with zero attached hydrogens (tertiary/aromatic N) is 5. The molecule has 720 valence electrons. The molecule has 11 aromatic carbocycles. The number of Topliss-reactive ketones (excluding diaryl/α,β-unsaturated/α-hetero) is 5. The summed E-state index contributed by atoms with van der Waals surface area (Å²) < 4.78 is 69.8. The monoisotopic (exact) mass is 1950 g/mol. The van der Waals surface area contributed by atoms with Crippen molar-refractivity contribution < 1.29 is 71.8 Å². The van der Waals surface area contributed by atoms with Gasteiger partial charge >= 0.3 is 0 Å². The first kappa shape index (κ1) is 101. The average Bonchev–Trinajstić information content (AvgIpc) is 1.64. The fourth-order valence-electron chi connectivity index (χ4n) is 18.7. The molecule has 0 bridgehead atoms. The summed E-state index contributed by atoms with van der Waals surface area (Å²) in [5.41, 5.74) is 19.0. The minimum Gasteiger partial charge on any atom is -0.508 e. The largest absolute Gasteiger partial charge is 0.508 e. The number of methoxy groups -OCH3 is 1. The average molecular weight is 1950 g/mol. The van der Waals surface area contributed by atoms with Crippen LogP contribution in [0.25, 0.3) is 54.5 Å². The molecule has 0 radical (unpaired) electrons. The molecule has 19 rings (SSSR count). The van der Waals surface area contributed by atoms with Crippen LogP contribution in [0.1, 0.15) is 186 Å². The Morgan fingerprint density at radius 2 is 0.652 bits per heavy atom. The minimum absolute atomic E-state index is 0.00212. The zero-order valence-electron chi connectivity index (χ0n) is 79.9. The number of phenolic OH excluding ortho intramolecular Hbond substituents is 5. The number of hydrogen-bond donors (Lipinski definition) is 5. The van der Waals surface area contributed by atoms with Crippen molar-refractivity contribution in [2.45, 2.75) is 158 Å². The van der Waals surface area contributed by atoms with Crippen molar-refractivity contribution in [3.8, 4) is 34.5 Å². The number of halogens is 4. The van der Waals surface area contributed by atoms with Crippen molar-refractivity contribution in [1.29, 1.82) is 0 Å². The van der Waals surface area contributed by atoms with Crippen LogP contribution in [0.2, 0.25) is 0 Å². The van der Waals surface area contributed by atoms with Crippen LogP contribution in [0.3, 0.4) is 0 Å². The van der Waals surface area contributed by atoms with Gasteiger partial charge in [-0.2, -0.15) is 0 Å². The van der Waals surface area contributed by atoms with Gasteiger partial charge in [-0.3, -0.25) is 24.0 Å². The van der Waals surface area contributed by atoms with Gasteiger partial charge in [0.1, 0.15) is 46.1 Å². The maximum absolute atomic E-state index is 13.9. The summed E-state index contributed by atoms with van der Waals surface area (Å²) in [6.45, 7) is 17.6. The van der Waals surface area contributed by atoms with Crippen LogP contribution >= 0.6 is 34.0 Å². The quantitative estimate of drug-likeness (QED) is 0.0197. The van der Waals surface area contributed by atoms with E-state index in [4.69, 9.17) is 4.74 Å². The lowest BCUT2D eigenvalue weighted by atomic mass is 9.99. The Bertz CT molecular complexity index is 7530. The second-order valence-electron chi connectivity index (χ2n) is 35.3. The first-order valence-corrected chi connectivity index (χ1v) is 49.7. The van der Waals surface area contributed by atoms with Crippen LogP contribution < -0.4 is 4.74 Å². The molecule has 0 atom stereocenters. The smallest absolute Gasteiger partial charge is 0.165 e. The first-order chi connectivity index (χ1) is 68.1. The molecule has 0 saturated heterocycles. The lowest BCUT2D eigenvalue weighted by molar-refractivity contribution is 0.0975. The Morgan fingerprint density at radius 1 is 0.305 bits per heavy atom. The van der Waals surface area contributed by atoms with E-state index in [-0.39, 0.29) is 88.6 Å². The Balaban J connectivity index is 0.000000133.